The average Bonchev–Trinajstić information content (AvgIpc) is 2.12. The lowest BCUT2D eigenvalue weighted by atomic mass is 9.83. The summed E-state index contributed by atoms with van der Waals surface area (Å²) >= 11 is 9.08. The molecular weight excluding hydrogens is 313 g/mol. The van der Waals surface area contributed by atoms with E-state index in [1.165, 1.54) is 0 Å². The number of halogens is 3. The van der Waals surface area contributed by atoms with Gasteiger partial charge in [0, 0.05) is 11.6 Å². The molecule has 16 heavy (non-hydrogen) atoms. The zero-order valence-electron chi connectivity index (χ0n) is 9.42. The molecule has 5 heteroatoms. The number of hydrogen-bond donors (Lipinski definition) is 2. The molecule has 92 valence electrons. The maximum absolute atomic E-state index is 9.90. The van der Waals surface area contributed by atoms with E-state index in [1.54, 1.807) is 12.1 Å². The molecule has 0 aliphatic rings. The summed E-state index contributed by atoms with van der Waals surface area (Å²) in [7, 11) is 0. The quantitative estimate of drug-likeness (QED) is 0.808. The summed E-state index contributed by atoms with van der Waals surface area (Å²) in [5, 5.41) is 10.4. The van der Waals surface area contributed by atoms with Gasteiger partial charge in [-0.25, -0.2) is 0 Å². The van der Waals surface area contributed by atoms with E-state index < -0.39 is 0 Å². The van der Waals surface area contributed by atoms with Crippen LogP contribution in [0.25, 0.3) is 0 Å². The zero-order chi connectivity index (χ0) is 11.8. The van der Waals surface area contributed by atoms with Crippen molar-refractivity contribution in [2.45, 2.75) is 26.8 Å². The summed E-state index contributed by atoms with van der Waals surface area (Å²) < 4.78 is 0.501. The lowest BCUT2D eigenvalue weighted by Gasteiger charge is -2.28. The van der Waals surface area contributed by atoms with Crippen LogP contribution in [0, 0.1) is 5.41 Å². The van der Waals surface area contributed by atoms with Gasteiger partial charge in [-0.3, -0.25) is 0 Å². The molecule has 1 aromatic rings. The zero-order valence-corrected chi connectivity index (χ0v) is 12.6. The first-order valence-electron chi connectivity index (χ1n) is 4.67. The van der Waals surface area contributed by atoms with Crippen molar-refractivity contribution >= 4 is 39.9 Å². The van der Waals surface area contributed by atoms with E-state index in [-0.39, 0.29) is 29.6 Å². The van der Waals surface area contributed by atoms with Crippen molar-refractivity contribution in [2.24, 2.45) is 11.1 Å². The van der Waals surface area contributed by atoms with Crippen molar-refractivity contribution in [3.05, 3.63) is 27.2 Å². The molecule has 0 heterocycles. The molecule has 1 rings (SSSR count). The molecule has 1 atom stereocenters. The van der Waals surface area contributed by atoms with Crippen LogP contribution in [-0.2, 0) is 0 Å². The predicted molar refractivity (Wildman–Crippen MR) is 74.4 cm³/mol. The van der Waals surface area contributed by atoms with Crippen molar-refractivity contribution < 1.29 is 5.11 Å². The van der Waals surface area contributed by atoms with Gasteiger partial charge in [-0.05, 0) is 27.4 Å². The molecule has 0 saturated carbocycles. The lowest BCUT2D eigenvalue weighted by Crippen LogP contribution is -2.26. The van der Waals surface area contributed by atoms with Crippen molar-refractivity contribution in [3.63, 3.8) is 0 Å². The van der Waals surface area contributed by atoms with Gasteiger partial charge < -0.3 is 10.8 Å². The summed E-state index contributed by atoms with van der Waals surface area (Å²) in [6.07, 6.45) is 0. The normalized spacial score (nSPS) is 13.1. The molecule has 0 radical (unpaired) electrons. The van der Waals surface area contributed by atoms with Gasteiger partial charge in [0.2, 0.25) is 0 Å². The number of rotatable bonds is 1. The van der Waals surface area contributed by atoms with Gasteiger partial charge in [-0.15, -0.1) is 12.4 Å². The van der Waals surface area contributed by atoms with E-state index in [2.05, 4.69) is 15.9 Å². The maximum atomic E-state index is 9.90. The van der Waals surface area contributed by atoms with Crippen molar-refractivity contribution in [3.8, 4) is 5.75 Å². The second-order valence-corrected chi connectivity index (χ2v) is 5.84. The van der Waals surface area contributed by atoms with E-state index in [9.17, 15) is 5.11 Å². The molecule has 0 spiro atoms. The first-order valence-corrected chi connectivity index (χ1v) is 5.84. The molecule has 0 aromatic heterocycles. The fraction of sp³-hybridized carbons (Fsp3) is 0.455. The third kappa shape index (κ3) is 3.27. The third-order valence-electron chi connectivity index (χ3n) is 2.37. The van der Waals surface area contributed by atoms with Gasteiger partial charge in [0.15, 0.2) is 0 Å². The Morgan fingerprint density at radius 3 is 2.31 bits per heavy atom. The largest absolute Gasteiger partial charge is 0.506 e. The Morgan fingerprint density at radius 1 is 1.38 bits per heavy atom. The van der Waals surface area contributed by atoms with E-state index in [4.69, 9.17) is 17.3 Å². The molecule has 0 bridgehead atoms. The van der Waals surface area contributed by atoms with Crippen molar-refractivity contribution in [2.75, 3.05) is 0 Å². The van der Waals surface area contributed by atoms with Gasteiger partial charge in [0.05, 0.1) is 9.50 Å². The molecule has 0 unspecified atom stereocenters. The SMILES string of the molecule is CC(C)(C)[C@@H](N)c1ccc(Cl)c(Br)c1O.Cl. The van der Waals surface area contributed by atoms with E-state index in [1.807, 2.05) is 20.8 Å². The second-order valence-electron chi connectivity index (χ2n) is 4.64. The Hall–Kier alpha value is 0.0400. The van der Waals surface area contributed by atoms with E-state index >= 15 is 0 Å². The predicted octanol–water partition coefficient (Wildman–Crippen LogP) is 4.28. The Balaban J connectivity index is 0.00000225. The number of nitrogens with two attached hydrogens (primary N) is 1. The fourth-order valence-corrected chi connectivity index (χ4v) is 1.79. The molecule has 0 fully saturated rings. The van der Waals surface area contributed by atoms with Crippen LogP contribution in [0.5, 0.6) is 5.75 Å². The van der Waals surface area contributed by atoms with Crippen molar-refractivity contribution in [1.82, 2.24) is 0 Å². The number of phenols is 1. The standard InChI is InChI=1S/C11H15BrClNO.ClH/c1-11(2,3)10(14)6-4-5-7(13)8(12)9(6)15;/h4-5,10,15H,14H2,1-3H3;1H/t10-;/m0./s1. The van der Waals surface area contributed by atoms with Crippen LogP contribution in [0.1, 0.15) is 32.4 Å². The van der Waals surface area contributed by atoms with Gasteiger partial charge in [0.1, 0.15) is 5.75 Å². The lowest BCUT2D eigenvalue weighted by molar-refractivity contribution is 0.317. The Morgan fingerprint density at radius 2 is 1.88 bits per heavy atom. The fourth-order valence-electron chi connectivity index (χ4n) is 1.27. The van der Waals surface area contributed by atoms with Gasteiger partial charge in [-0.1, -0.05) is 38.4 Å². The third-order valence-corrected chi connectivity index (χ3v) is 3.71. The smallest absolute Gasteiger partial charge is 0.136 e. The number of benzene rings is 1. The van der Waals surface area contributed by atoms with Crippen LogP contribution < -0.4 is 5.73 Å². The minimum Gasteiger partial charge on any atom is -0.506 e. The van der Waals surface area contributed by atoms with Gasteiger partial charge >= 0.3 is 0 Å². The van der Waals surface area contributed by atoms with E-state index in [0.717, 1.165) is 0 Å². The minimum atomic E-state index is -0.230. The number of aromatic hydroxyl groups is 1. The van der Waals surface area contributed by atoms with Gasteiger partial charge in [0.25, 0.3) is 0 Å². The summed E-state index contributed by atoms with van der Waals surface area (Å²) in [6.45, 7) is 6.08. The molecule has 0 aliphatic heterocycles. The maximum Gasteiger partial charge on any atom is 0.136 e. The molecule has 0 aliphatic carbocycles. The van der Waals surface area contributed by atoms with Crippen LogP contribution in [0.15, 0.2) is 16.6 Å². The van der Waals surface area contributed by atoms with Crippen LogP contribution in [0.4, 0.5) is 0 Å². The monoisotopic (exact) mass is 327 g/mol. The van der Waals surface area contributed by atoms with Crippen LogP contribution >= 0.6 is 39.9 Å². The Bertz CT molecular complexity index is 377. The molecule has 0 amide bonds. The molecule has 0 saturated heterocycles. The van der Waals surface area contributed by atoms with Crippen molar-refractivity contribution in [1.29, 1.82) is 0 Å². The average molecular weight is 329 g/mol. The Labute approximate surface area is 116 Å². The second kappa shape index (κ2) is 5.58. The Kier molecular flexibility index (Phi) is 5.60. The summed E-state index contributed by atoms with van der Waals surface area (Å²) in [5.41, 5.74) is 6.67. The summed E-state index contributed by atoms with van der Waals surface area (Å²) in [5.74, 6) is 0.130. The van der Waals surface area contributed by atoms with Crippen LogP contribution in [-0.4, -0.2) is 5.11 Å². The topological polar surface area (TPSA) is 46.2 Å². The first kappa shape index (κ1) is 16.0. The highest BCUT2D eigenvalue weighted by Gasteiger charge is 2.25. The summed E-state index contributed by atoms with van der Waals surface area (Å²) in [6, 6.07) is 3.26. The number of phenolic OH excluding ortho intramolecular Hbond substituents is 1. The van der Waals surface area contributed by atoms with Crippen LogP contribution in [0.3, 0.4) is 0 Å². The van der Waals surface area contributed by atoms with E-state index in [0.29, 0.717) is 15.1 Å². The molecule has 2 nitrogen and oxygen atoms in total. The molecule has 1 aromatic carbocycles. The van der Waals surface area contributed by atoms with Crippen LogP contribution in [0.2, 0.25) is 5.02 Å². The van der Waals surface area contributed by atoms with Gasteiger partial charge in [-0.2, -0.15) is 0 Å². The minimum absolute atomic E-state index is 0. The highest BCUT2D eigenvalue weighted by molar-refractivity contribution is 9.10. The summed E-state index contributed by atoms with van der Waals surface area (Å²) in [4.78, 5) is 0. The first-order chi connectivity index (χ1) is 6.75. The highest BCUT2D eigenvalue weighted by atomic mass is 79.9. The molecule has 3 N–H and O–H groups in total. The highest BCUT2D eigenvalue weighted by Crippen LogP contribution is 2.41. The molecular formula is C11H16BrCl2NO. The number of hydrogen-bond acceptors (Lipinski definition) is 2.